The Hall–Kier alpha value is -2.94. The van der Waals surface area contributed by atoms with Crippen LogP contribution in [0.4, 0.5) is 0 Å². The highest BCUT2D eigenvalue weighted by Gasteiger charge is 2.32. The van der Waals surface area contributed by atoms with Gasteiger partial charge >= 0.3 is 0 Å². The minimum absolute atomic E-state index is 0.164. The van der Waals surface area contributed by atoms with Crippen molar-refractivity contribution in [3.8, 4) is 0 Å². The van der Waals surface area contributed by atoms with E-state index in [0.717, 1.165) is 12.8 Å². The first-order valence-corrected chi connectivity index (χ1v) is 11.8. The Balaban J connectivity index is 1.57. The van der Waals surface area contributed by atoms with Crippen molar-refractivity contribution in [1.82, 2.24) is 19.5 Å². The second kappa shape index (κ2) is 8.06. The van der Waals surface area contributed by atoms with E-state index in [2.05, 4.69) is 10.1 Å². The van der Waals surface area contributed by atoms with E-state index in [-0.39, 0.29) is 17.4 Å². The van der Waals surface area contributed by atoms with Gasteiger partial charge in [0, 0.05) is 24.4 Å². The van der Waals surface area contributed by atoms with E-state index in [0.29, 0.717) is 35.6 Å². The van der Waals surface area contributed by atoms with Gasteiger partial charge in [-0.05, 0) is 31.7 Å². The molecule has 1 fully saturated rings. The van der Waals surface area contributed by atoms with Crippen LogP contribution in [-0.2, 0) is 20.4 Å². The Morgan fingerprint density at radius 2 is 1.97 bits per heavy atom. The first kappa shape index (κ1) is 20.3. The van der Waals surface area contributed by atoms with Crippen molar-refractivity contribution in [2.75, 3.05) is 12.3 Å². The van der Waals surface area contributed by atoms with Gasteiger partial charge in [-0.1, -0.05) is 30.3 Å². The molecule has 1 atom stereocenters. The third-order valence-corrected chi connectivity index (χ3v) is 6.81. The van der Waals surface area contributed by atoms with E-state index in [4.69, 9.17) is 0 Å². The summed E-state index contributed by atoms with van der Waals surface area (Å²) < 4.78 is 26.6. The maximum absolute atomic E-state index is 13.0. The lowest BCUT2D eigenvalue weighted by Gasteiger charge is -2.35. The van der Waals surface area contributed by atoms with Gasteiger partial charge in [-0.25, -0.2) is 17.9 Å². The largest absolute Gasteiger partial charge is 0.333 e. The molecule has 0 spiro atoms. The average Bonchev–Trinajstić information content (AvgIpc) is 3.12. The lowest BCUT2D eigenvalue weighted by molar-refractivity contribution is -0.132. The van der Waals surface area contributed by atoms with E-state index in [1.807, 2.05) is 6.07 Å². The van der Waals surface area contributed by atoms with Gasteiger partial charge in [0.1, 0.15) is 5.75 Å². The van der Waals surface area contributed by atoms with Crippen LogP contribution in [0.15, 0.2) is 47.3 Å². The molecule has 0 bridgehead atoms. The van der Waals surface area contributed by atoms with Crippen LogP contribution in [0.25, 0.3) is 5.65 Å². The molecule has 0 saturated carbocycles. The number of H-pyrrole nitrogens is 1. The lowest BCUT2D eigenvalue weighted by atomic mass is 9.99. The average molecular weight is 429 g/mol. The third kappa shape index (κ3) is 4.30. The molecule has 1 aliphatic rings. The SMILES string of the molecule is Cc1cc(=O)n2[nH]c(C3CCCCN3C(=O)CS(=O)(=O)Cc3ccccc3)cc2n1. The zero-order valence-corrected chi connectivity index (χ0v) is 17.6. The second-order valence-electron chi connectivity index (χ2n) is 7.76. The van der Waals surface area contributed by atoms with Gasteiger partial charge in [-0.2, -0.15) is 0 Å². The fourth-order valence-corrected chi connectivity index (χ4v) is 5.35. The van der Waals surface area contributed by atoms with Crippen LogP contribution in [0.2, 0.25) is 0 Å². The molecule has 3 heterocycles. The summed E-state index contributed by atoms with van der Waals surface area (Å²) in [6.07, 6.45) is 2.44. The Labute approximate surface area is 174 Å². The molecule has 1 aromatic carbocycles. The quantitative estimate of drug-likeness (QED) is 0.669. The van der Waals surface area contributed by atoms with Crippen molar-refractivity contribution in [3.63, 3.8) is 0 Å². The summed E-state index contributed by atoms with van der Waals surface area (Å²) in [7, 11) is -3.59. The van der Waals surface area contributed by atoms with Gasteiger partial charge in [0.05, 0.1) is 17.5 Å². The van der Waals surface area contributed by atoms with Crippen molar-refractivity contribution < 1.29 is 13.2 Å². The molecule has 1 amide bonds. The van der Waals surface area contributed by atoms with Gasteiger partial charge < -0.3 is 4.90 Å². The van der Waals surface area contributed by atoms with Gasteiger partial charge in [0.15, 0.2) is 15.5 Å². The third-order valence-electron chi connectivity index (χ3n) is 5.35. The standard InChI is InChI=1S/C21H24N4O4S/c1-15-11-20(26)25-19(22-15)12-17(23-25)18-9-5-6-10-24(18)21(27)14-30(28,29)13-16-7-3-2-4-8-16/h2-4,7-8,11-12,18,23H,5-6,9-10,13-14H2,1H3. The van der Waals surface area contributed by atoms with Crippen molar-refractivity contribution in [1.29, 1.82) is 0 Å². The van der Waals surface area contributed by atoms with Crippen molar-refractivity contribution in [2.45, 2.75) is 38.0 Å². The number of benzene rings is 1. The molecule has 4 rings (SSSR count). The fourth-order valence-electron chi connectivity index (χ4n) is 4.00. The number of nitrogens with one attached hydrogen (secondary N) is 1. The zero-order valence-electron chi connectivity index (χ0n) is 16.7. The normalized spacial score (nSPS) is 17.4. The molecular weight excluding hydrogens is 404 g/mol. The Morgan fingerprint density at radius 3 is 2.73 bits per heavy atom. The Bertz CT molecular complexity index is 1230. The summed E-state index contributed by atoms with van der Waals surface area (Å²) in [6.45, 7) is 2.24. The monoisotopic (exact) mass is 428 g/mol. The maximum Gasteiger partial charge on any atom is 0.272 e. The number of aromatic nitrogens is 3. The predicted octanol–water partition coefficient (Wildman–Crippen LogP) is 2.00. The summed E-state index contributed by atoms with van der Waals surface area (Å²) in [6, 6.07) is 11.8. The van der Waals surface area contributed by atoms with Crippen molar-refractivity contribution in [3.05, 3.63) is 69.8 Å². The molecule has 0 radical (unpaired) electrons. The smallest absolute Gasteiger partial charge is 0.272 e. The molecule has 1 aliphatic heterocycles. The van der Waals surface area contributed by atoms with Crippen LogP contribution in [0.1, 0.15) is 42.3 Å². The van der Waals surface area contributed by atoms with E-state index in [9.17, 15) is 18.0 Å². The van der Waals surface area contributed by atoms with Gasteiger partial charge in [-0.15, -0.1) is 0 Å². The molecule has 8 nitrogen and oxygen atoms in total. The summed E-state index contributed by atoms with van der Waals surface area (Å²) >= 11 is 0. The van der Waals surface area contributed by atoms with Crippen LogP contribution in [0.3, 0.4) is 0 Å². The molecule has 158 valence electrons. The first-order valence-electron chi connectivity index (χ1n) is 9.95. The van der Waals surface area contributed by atoms with Crippen LogP contribution in [-0.4, -0.2) is 46.1 Å². The topological polar surface area (TPSA) is 105 Å². The second-order valence-corrected chi connectivity index (χ2v) is 9.82. The number of piperidine rings is 1. The molecule has 9 heteroatoms. The number of aromatic amines is 1. The van der Waals surface area contributed by atoms with E-state index < -0.39 is 21.5 Å². The molecule has 1 saturated heterocycles. The van der Waals surface area contributed by atoms with Crippen LogP contribution < -0.4 is 5.56 Å². The number of carbonyl (C=O) groups excluding carboxylic acids is 1. The number of aryl methyl sites for hydroxylation is 1. The van der Waals surface area contributed by atoms with Crippen LogP contribution >= 0.6 is 0 Å². The van der Waals surface area contributed by atoms with Crippen LogP contribution in [0, 0.1) is 6.92 Å². The Kier molecular flexibility index (Phi) is 5.46. The zero-order chi connectivity index (χ0) is 21.3. The molecule has 3 aromatic rings. The number of likely N-dealkylation sites (tertiary alicyclic amines) is 1. The number of fused-ring (bicyclic) bond motifs is 1. The Morgan fingerprint density at radius 1 is 1.20 bits per heavy atom. The molecule has 2 aromatic heterocycles. The number of carbonyl (C=O) groups is 1. The maximum atomic E-state index is 13.0. The predicted molar refractivity (Wildman–Crippen MR) is 113 cm³/mol. The highest BCUT2D eigenvalue weighted by Crippen LogP contribution is 2.30. The summed E-state index contributed by atoms with van der Waals surface area (Å²) in [5.74, 6) is -1.11. The molecular formula is C21H24N4O4S. The van der Waals surface area contributed by atoms with Crippen molar-refractivity contribution in [2.24, 2.45) is 0 Å². The van der Waals surface area contributed by atoms with Crippen LogP contribution in [0.5, 0.6) is 0 Å². The summed E-state index contributed by atoms with van der Waals surface area (Å²) in [4.78, 5) is 31.2. The van der Waals surface area contributed by atoms with E-state index in [1.54, 1.807) is 42.2 Å². The summed E-state index contributed by atoms with van der Waals surface area (Å²) in [5, 5.41) is 3.05. The highest BCUT2D eigenvalue weighted by molar-refractivity contribution is 7.91. The number of hydrogen-bond acceptors (Lipinski definition) is 5. The first-order chi connectivity index (χ1) is 14.3. The fraction of sp³-hybridized carbons (Fsp3) is 0.381. The van der Waals surface area contributed by atoms with E-state index in [1.165, 1.54) is 10.6 Å². The molecule has 1 N–H and O–H groups in total. The number of rotatable bonds is 5. The van der Waals surface area contributed by atoms with Crippen molar-refractivity contribution >= 4 is 21.4 Å². The highest BCUT2D eigenvalue weighted by atomic mass is 32.2. The minimum atomic E-state index is -3.59. The molecule has 1 unspecified atom stereocenters. The minimum Gasteiger partial charge on any atom is -0.333 e. The summed E-state index contributed by atoms with van der Waals surface area (Å²) in [5.41, 5.74) is 2.25. The number of amides is 1. The van der Waals surface area contributed by atoms with Gasteiger partial charge in [0.2, 0.25) is 5.91 Å². The lowest BCUT2D eigenvalue weighted by Crippen LogP contribution is -2.42. The van der Waals surface area contributed by atoms with Gasteiger partial charge in [-0.3, -0.25) is 14.7 Å². The molecule has 0 aliphatic carbocycles. The van der Waals surface area contributed by atoms with E-state index >= 15 is 0 Å². The molecule has 30 heavy (non-hydrogen) atoms. The number of nitrogens with zero attached hydrogens (tertiary/aromatic N) is 3. The number of sulfone groups is 1. The van der Waals surface area contributed by atoms with Gasteiger partial charge in [0.25, 0.3) is 5.56 Å². The number of hydrogen-bond donors (Lipinski definition) is 1.